The molecule has 1 aliphatic heterocycles. The van der Waals surface area contributed by atoms with E-state index in [1.807, 2.05) is 6.07 Å². The third-order valence-electron chi connectivity index (χ3n) is 4.28. The van der Waals surface area contributed by atoms with Crippen LogP contribution in [0.4, 0.5) is 0 Å². The summed E-state index contributed by atoms with van der Waals surface area (Å²) in [6.07, 6.45) is 7.56. The molecular weight excluding hydrogens is 234 g/mol. The van der Waals surface area contributed by atoms with E-state index in [-0.39, 0.29) is 0 Å². The Labute approximate surface area is 115 Å². The van der Waals surface area contributed by atoms with Gasteiger partial charge < -0.3 is 4.90 Å². The van der Waals surface area contributed by atoms with Crippen molar-refractivity contribution < 1.29 is 4.79 Å². The first-order valence-electron chi connectivity index (χ1n) is 7.40. The number of rotatable bonds is 3. The zero-order chi connectivity index (χ0) is 13.1. The largest absolute Gasteiger partial charge is 0.316 e. The van der Waals surface area contributed by atoms with Crippen molar-refractivity contribution >= 4 is 5.91 Å². The van der Waals surface area contributed by atoms with Gasteiger partial charge in [0.05, 0.1) is 0 Å². The topological polar surface area (TPSA) is 20.3 Å². The smallest absolute Gasteiger partial charge is 0.227 e. The van der Waals surface area contributed by atoms with Gasteiger partial charge in [-0.2, -0.15) is 0 Å². The van der Waals surface area contributed by atoms with E-state index in [0.717, 1.165) is 25.8 Å². The summed E-state index contributed by atoms with van der Waals surface area (Å²) in [7, 11) is 0. The Hall–Kier alpha value is -1.57. The molecule has 1 heterocycles. The minimum atomic E-state index is 0.330. The van der Waals surface area contributed by atoms with Crippen molar-refractivity contribution in [1.29, 1.82) is 0 Å². The van der Waals surface area contributed by atoms with Crippen LogP contribution < -0.4 is 0 Å². The van der Waals surface area contributed by atoms with Gasteiger partial charge in [-0.3, -0.25) is 4.79 Å². The number of amides is 1. The van der Waals surface area contributed by atoms with Crippen molar-refractivity contribution in [3.05, 3.63) is 47.2 Å². The molecular formula is C17H21NO. The fourth-order valence-electron chi connectivity index (χ4n) is 3.24. The molecule has 3 rings (SSSR count). The van der Waals surface area contributed by atoms with Gasteiger partial charge in [-0.25, -0.2) is 0 Å². The van der Waals surface area contributed by atoms with Crippen molar-refractivity contribution in [3.63, 3.8) is 0 Å². The lowest BCUT2D eigenvalue weighted by Crippen LogP contribution is -2.36. The first-order valence-corrected chi connectivity index (χ1v) is 7.40. The number of benzene rings is 1. The van der Waals surface area contributed by atoms with Crippen LogP contribution in [0.25, 0.3) is 0 Å². The lowest BCUT2D eigenvalue weighted by Gasteiger charge is -2.35. The first kappa shape index (κ1) is 12.5. The van der Waals surface area contributed by atoms with Crippen molar-refractivity contribution in [2.75, 3.05) is 6.54 Å². The van der Waals surface area contributed by atoms with Crippen molar-refractivity contribution in [2.24, 2.45) is 0 Å². The highest BCUT2D eigenvalue weighted by Crippen LogP contribution is 2.34. The number of hydrogen-bond donors (Lipinski definition) is 0. The molecule has 1 aliphatic carbocycles. The van der Waals surface area contributed by atoms with Crippen molar-refractivity contribution in [2.45, 2.75) is 44.9 Å². The van der Waals surface area contributed by atoms with Gasteiger partial charge in [0.2, 0.25) is 5.91 Å². The van der Waals surface area contributed by atoms with Crippen molar-refractivity contribution in [1.82, 2.24) is 4.90 Å². The fraction of sp³-hybridized carbons (Fsp3) is 0.471. The minimum absolute atomic E-state index is 0.330. The second-order valence-electron chi connectivity index (χ2n) is 5.54. The Morgan fingerprint density at radius 1 is 0.947 bits per heavy atom. The zero-order valence-electron chi connectivity index (χ0n) is 11.4. The third kappa shape index (κ3) is 2.73. The summed E-state index contributed by atoms with van der Waals surface area (Å²) in [5.41, 5.74) is 4.23. The first-order chi connectivity index (χ1) is 9.34. The van der Waals surface area contributed by atoms with E-state index in [1.54, 1.807) is 5.57 Å². The number of nitrogens with zero attached hydrogens (tertiary/aromatic N) is 1. The molecule has 19 heavy (non-hydrogen) atoms. The Balaban J connectivity index is 1.73. The third-order valence-corrected chi connectivity index (χ3v) is 4.28. The van der Waals surface area contributed by atoms with Crippen LogP contribution in [0.1, 0.15) is 44.1 Å². The van der Waals surface area contributed by atoms with E-state index in [1.165, 1.54) is 30.5 Å². The summed E-state index contributed by atoms with van der Waals surface area (Å²) < 4.78 is 0. The molecule has 0 saturated heterocycles. The monoisotopic (exact) mass is 255 g/mol. The molecule has 0 unspecified atom stereocenters. The van der Waals surface area contributed by atoms with E-state index in [2.05, 4.69) is 29.2 Å². The second kappa shape index (κ2) is 5.60. The van der Waals surface area contributed by atoms with Crippen LogP contribution in [-0.2, 0) is 11.2 Å². The molecule has 100 valence electrons. The number of hydrogen-bond acceptors (Lipinski definition) is 1. The summed E-state index contributed by atoms with van der Waals surface area (Å²) in [5, 5.41) is 0. The van der Waals surface area contributed by atoms with Crippen LogP contribution in [0, 0.1) is 0 Å². The van der Waals surface area contributed by atoms with E-state index in [4.69, 9.17) is 0 Å². The summed E-state index contributed by atoms with van der Waals surface area (Å²) in [5.74, 6) is 0.330. The zero-order valence-corrected chi connectivity index (χ0v) is 11.4. The quantitative estimate of drug-likeness (QED) is 0.807. The molecule has 2 nitrogen and oxygen atoms in total. The Bertz CT molecular complexity index is 489. The second-order valence-corrected chi connectivity index (χ2v) is 5.54. The predicted octanol–water partition coefficient (Wildman–Crippen LogP) is 3.68. The average Bonchev–Trinajstić information content (AvgIpc) is 2.47. The molecule has 0 aromatic heterocycles. The Morgan fingerprint density at radius 2 is 1.74 bits per heavy atom. The van der Waals surface area contributed by atoms with Crippen LogP contribution in [-0.4, -0.2) is 17.4 Å². The van der Waals surface area contributed by atoms with Gasteiger partial charge in [0, 0.05) is 18.7 Å². The van der Waals surface area contributed by atoms with Gasteiger partial charge in [0.1, 0.15) is 0 Å². The maximum absolute atomic E-state index is 12.2. The van der Waals surface area contributed by atoms with E-state index in [0.29, 0.717) is 12.3 Å². The summed E-state index contributed by atoms with van der Waals surface area (Å²) in [4.78, 5) is 14.2. The van der Waals surface area contributed by atoms with Crippen LogP contribution >= 0.6 is 0 Å². The molecule has 2 aliphatic rings. The molecule has 1 amide bonds. The highest BCUT2D eigenvalue weighted by molar-refractivity contribution is 5.80. The summed E-state index contributed by atoms with van der Waals surface area (Å²) in [6, 6.07) is 10.5. The maximum Gasteiger partial charge on any atom is 0.227 e. The molecule has 1 aromatic carbocycles. The molecule has 2 heteroatoms. The average molecular weight is 255 g/mol. The molecule has 0 fully saturated rings. The lowest BCUT2D eigenvalue weighted by atomic mass is 9.89. The van der Waals surface area contributed by atoms with E-state index >= 15 is 0 Å². The standard InChI is InChI=1S/C17H21NO/c19-17-11-10-15-8-4-5-9-16(15)18(17)13-12-14-6-2-1-3-7-14/h1-3,6-7H,4-5,8-13H2. The summed E-state index contributed by atoms with van der Waals surface area (Å²) in [6.45, 7) is 0.849. The molecule has 0 spiro atoms. The van der Waals surface area contributed by atoms with Crippen LogP contribution in [0.3, 0.4) is 0 Å². The van der Waals surface area contributed by atoms with Crippen LogP contribution in [0.2, 0.25) is 0 Å². The number of carbonyl (C=O) groups is 1. The number of carbonyl (C=O) groups excluding carboxylic acids is 1. The minimum Gasteiger partial charge on any atom is -0.316 e. The Kier molecular flexibility index (Phi) is 3.67. The highest BCUT2D eigenvalue weighted by atomic mass is 16.2. The van der Waals surface area contributed by atoms with Gasteiger partial charge in [-0.1, -0.05) is 35.9 Å². The van der Waals surface area contributed by atoms with Crippen LogP contribution in [0.5, 0.6) is 0 Å². The highest BCUT2D eigenvalue weighted by Gasteiger charge is 2.27. The van der Waals surface area contributed by atoms with Crippen molar-refractivity contribution in [3.8, 4) is 0 Å². The van der Waals surface area contributed by atoms with Gasteiger partial charge in [-0.05, 0) is 44.1 Å². The van der Waals surface area contributed by atoms with Gasteiger partial charge >= 0.3 is 0 Å². The lowest BCUT2D eigenvalue weighted by molar-refractivity contribution is -0.130. The number of allylic oxidation sites excluding steroid dienone is 2. The maximum atomic E-state index is 12.2. The SMILES string of the molecule is O=C1CCC2=C(CCCC2)N1CCc1ccccc1. The molecule has 1 aromatic rings. The van der Waals surface area contributed by atoms with Gasteiger partial charge in [0.25, 0.3) is 0 Å². The normalized spacial score (nSPS) is 19.6. The molecule has 0 N–H and O–H groups in total. The molecule has 0 atom stereocenters. The predicted molar refractivity (Wildman–Crippen MR) is 76.6 cm³/mol. The van der Waals surface area contributed by atoms with Crippen LogP contribution in [0.15, 0.2) is 41.6 Å². The van der Waals surface area contributed by atoms with E-state index in [9.17, 15) is 4.79 Å². The van der Waals surface area contributed by atoms with E-state index < -0.39 is 0 Å². The molecule has 0 bridgehead atoms. The van der Waals surface area contributed by atoms with Gasteiger partial charge in [0.15, 0.2) is 0 Å². The summed E-state index contributed by atoms with van der Waals surface area (Å²) >= 11 is 0. The molecule has 0 saturated carbocycles. The fourth-order valence-corrected chi connectivity index (χ4v) is 3.24. The Morgan fingerprint density at radius 3 is 2.58 bits per heavy atom. The molecule has 0 radical (unpaired) electrons. The van der Waals surface area contributed by atoms with Gasteiger partial charge in [-0.15, -0.1) is 0 Å².